The zero-order chi connectivity index (χ0) is 37.5. The number of phosphoric acid groups is 1. The van der Waals surface area contributed by atoms with Crippen LogP contribution < -0.4 is 5.32 Å². The van der Waals surface area contributed by atoms with Crippen LogP contribution in [0.4, 0.5) is 0 Å². The van der Waals surface area contributed by atoms with E-state index in [-0.39, 0.29) is 32.0 Å². The predicted molar refractivity (Wildman–Crippen MR) is 211 cm³/mol. The molecule has 0 aromatic heterocycles. The first-order valence-corrected chi connectivity index (χ1v) is 22.3. The average Bonchev–Trinajstić information content (AvgIpc) is 3.11. The summed E-state index contributed by atoms with van der Waals surface area (Å²) >= 11 is 0. The summed E-state index contributed by atoms with van der Waals surface area (Å²) in [6.45, 7) is 4.19. The molecule has 0 aliphatic rings. The molecule has 0 heterocycles. The van der Waals surface area contributed by atoms with Crippen LogP contribution in [-0.2, 0) is 32.7 Å². The highest BCUT2D eigenvalue weighted by Crippen LogP contribution is 2.43. The van der Waals surface area contributed by atoms with Gasteiger partial charge in [0, 0.05) is 19.4 Å². The molecule has 2 N–H and O–H groups in total. The number of phosphoric ester groups is 1. The Morgan fingerprint density at radius 3 is 1.59 bits per heavy atom. The van der Waals surface area contributed by atoms with Crippen LogP contribution in [0.1, 0.15) is 187 Å². The lowest BCUT2D eigenvalue weighted by molar-refractivity contribution is -0.161. The lowest BCUT2D eigenvalue weighted by Gasteiger charge is -2.20. The molecule has 9 nitrogen and oxygen atoms in total. The summed E-state index contributed by atoms with van der Waals surface area (Å²) in [5.74, 6) is -0.811. The van der Waals surface area contributed by atoms with E-state index in [2.05, 4.69) is 43.5 Å². The quantitative estimate of drug-likeness (QED) is 0.0274. The second-order valence-corrected chi connectivity index (χ2v) is 15.3. The predicted octanol–water partition coefficient (Wildman–Crippen LogP) is 11.5. The van der Waals surface area contributed by atoms with Crippen LogP contribution in [0.25, 0.3) is 0 Å². The molecule has 0 fully saturated rings. The van der Waals surface area contributed by atoms with E-state index < -0.39 is 26.5 Å². The van der Waals surface area contributed by atoms with E-state index >= 15 is 0 Å². The Balaban J connectivity index is 4.22. The molecule has 0 aromatic rings. The lowest BCUT2D eigenvalue weighted by atomic mass is 10.0. The number of rotatable bonds is 39. The molecule has 300 valence electrons. The maximum atomic E-state index is 12.6. The molecule has 0 aliphatic carbocycles. The minimum Gasteiger partial charge on any atom is -0.462 e. The Kier molecular flexibility index (Phi) is 37.1. The molecular weight excluding hydrogens is 665 g/mol. The number of carbonyl (C=O) groups is 2. The average molecular weight is 744 g/mol. The van der Waals surface area contributed by atoms with Crippen molar-refractivity contribution in [3.8, 4) is 0 Å². The summed E-state index contributed by atoms with van der Waals surface area (Å²) in [6, 6.07) is 0. The van der Waals surface area contributed by atoms with Crippen molar-refractivity contribution in [2.75, 3.05) is 33.4 Å². The van der Waals surface area contributed by atoms with Gasteiger partial charge in [0.15, 0.2) is 6.10 Å². The third-order valence-electron chi connectivity index (χ3n) is 8.82. The lowest BCUT2D eigenvalue weighted by Crippen LogP contribution is -2.29. The Morgan fingerprint density at radius 1 is 0.608 bits per heavy atom. The van der Waals surface area contributed by atoms with Gasteiger partial charge in [-0.15, -0.1) is 0 Å². The van der Waals surface area contributed by atoms with Crippen LogP contribution in [0.3, 0.4) is 0 Å². The number of ether oxygens (including phenoxy) is 2. The van der Waals surface area contributed by atoms with Crippen molar-refractivity contribution in [2.24, 2.45) is 0 Å². The van der Waals surface area contributed by atoms with Crippen molar-refractivity contribution in [1.29, 1.82) is 0 Å². The van der Waals surface area contributed by atoms with E-state index in [4.69, 9.17) is 18.5 Å². The van der Waals surface area contributed by atoms with Crippen molar-refractivity contribution >= 4 is 19.8 Å². The fraction of sp³-hybridized carbons (Fsp3) is 0.854. The third kappa shape index (κ3) is 38.0. The van der Waals surface area contributed by atoms with Crippen LogP contribution in [0.15, 0.2) is 24.3 Å². The van der Waals surface area contributed by atoms with E-state index in [1.807, 2.05) is 0 Å². The molecule has 0 rings (SSSR count). The zero-order valence-corrected chi connectivity index (χ0v) is 34.0. The van der Waals surface area contributed by atoms with E-state index in [0.717, 1.165) is 51.4 Å². The molecule has 10 heteroatoms. The first-order valence-electron chi connectivity index (χ1n) is 20.8. The number of hydrogen-bond donors (Lipinski definition) is 2. The van der Waals surface area contributed by atoms with Gasteiger partial charge in [0.25, 0.3) is 0 Å². The monoisotopic (exact) mass is 744 g/mol. The fourth-order valence-electron chi connectivity index (χ4n) is 5.64. The highest BCUT2D eigenvalue weighted by molar-refractivity contribution is 7.47. The first-order chi connectivity index (χ1) is 24.8. The van der Waals surface area contributed by atoms with Crippen molar-refractivity contribution in [2.45, 2.75) is 193 Å². The van der Waals surface area contributed by atoms with Gasteiger partial charge in [-0.25, -0.2) is 4.57 Å². The van der Waals surface area contributed by atoms with E-state index in [9.17, 15) is 19.0 Å². The number of esters is 2. The zero-order valence-electron chi connectivity index (χ0n) is 33.1. The van der Waals surface area contributed by atoms with Crippen LogP contribution in [0.5, 0.6) is 0 Å². The van der Waals surface area contributed by atoms with Gasteiger partial charge in [-0.2, -0.15) is 0 Å². The second kappa shape index (κ2) is 38.2. The summed E-state index contributed by atoms with van der Waals surface area (Å²) < 4.78 is 33.1. The summed E-state index contributed by atoms with van der Waals surface area (Å²) in [5.41, 5.74) is 0. The number of allylic oxidation sites excluding steroid dienone is 4. The highest BCUT2D eigenvalue weighted by Gasteiger charge is 2.26. The maximum Gasteiger partial charge on any atom is 0.472 e. The molecule has 0 radical (unpaired) electrons. The SMILES string of the molecule is CCCCC/C=C\C/C=C\CCCCCCCCCC(=O)OCC(COP(=O)(O)OCCNC)OC(=O)CCCCCCCCCCCCCC. The maximum absolute atomic E-state index is 12.6. The summed E-state index contributed by atoms with van der Waals surface area (Å²) in [5, 5.41) is 2.82. The standard InChI is InChI=1S/C41H78NO8P/c1-4-6-8-10-12-14-16-18-19-20-21-22-24-25-27-29-31-33-40(43)47-37-39(38-49-51(45,46)48-36-35-42-3)50-41(44)34-32-30-28-26-23-17-15-13-11-9-7-5-2/h12,14,18-19,39,42H,4-11,13,15-17,20-38H2,1-3H3,(H,45,46)/b14-12-,19-18-. The molecular formula is C41H78NO8P. The molecule has 0 spiro atoms. The fourth-order valence-corrected chi connectivity index (χ4v) is 6.39. The largest absolute Gasteiger partial charge is 0.472 e. The van der Waals surface area contributed by atoms with Crippen molar-refractivity contribution in [3.05, 3.63) is 24.3 Å². The van der Waals surface area contributed by atoms with Gasteiger partial charge >= 0.3 is 19.8 Å². The van der Waals surface area contributed by atoms with Crippen LogP contribution >= 0.6 is 7.82 Å². The van der Waals surface area contributed by atoms with Crippen molar-refractivity contribution in [3.63, 3.8) is 0 Å². The van der Waals surface area contributed by atoms with Gasteiger partial charge in [-0.05, 0) is 52.0 Å². The van der Waals surface area contributed by atoms with Gasteiger partial charge in [-0.3, -0.25) is 18.6 Å². The van der Waals surface area contributed by atoms with E-state index in [1.165, 1.54) is 103 Å². The third-order valence-corrected chi connectivity index (χ3v) is 9.81. The Hall–Kier alpha value is -1.51. The molecule has 0 saturated carbocycles. The molecule has 0 saturated heterocycles. The molecule has 0 bridgehead atoms. The Bertz CT molecular complexity index is 897. The summed E-state index contributed by atoms with van der Waals surface area (Å²) in [7, 11) is -2.64. The number of hydrogen-bond acceptors (Lipinski definition) is 8. The summed E-state index contributed by atoms with van der Waals surface area (Å²) in [4.78, 5) is 35.0. The van der Waals surface area contributed by atoms with Gasteiger partial charge < -0.3 is 19.7 Å². The normalized spacial score (nSPS) is 13.6. The van der Waals surface area contributed by atoms with Gasteiger partial charge in [0.05, 0.1) is 13.2 Å². The number of likely N-dealkylation sites (N-methyl/N-ethyl adjacent to an activating group) is 1. The molecule has 0 aromatic carbocycles. The first kappa shape index (κ1) is 49.5. The van der Waals surface area contributed by atoms with E-state index in [1.54, 1.807) is 7.05 Å². The second-order valence-electron chi connectivity index (χ2n) is 13.8. The topological polar surface area (TPSA) is 120 Å². The van der Waals surface area contributed by atoms with Crippen molar-refractivity contribution in [1.82, 2.24) is 5.32 Å². The Morgan fingerprint density at radius 2 is 1.06 bits per heavy atom. The molecule has 0 amide bonds. The van der Waals surface area contributed by atoms with Gasteiger partial charge in [0.1, 0.15) is 6.61 Å². The number of nitrogens with one attached hydrogen (secondary N) is 1. The minimum atomic E-state index is -4.34. The van der Waals surface area contributed by atoms with E-state index in [0.29, 0.717) is 13.0 Å². The highest BCUT2D eigenvalue weighted by atomic mass is 31.2. The smallest absolute Gasteiger partial charge is 0.462 e. The molecule has 2 unspecified atom stereocenters. The van der Waals surface area contributed by atoms with Crippen LogP contribution in [0, 0.1) is 0 Å². The molecule has 2 atom stereocenters. The number of carbonyl (C=O) groups excluding carboxylic acids is 2. The van der Waals surface area contributed by atoms with Crippen molar-refractivity contribution < 1.29 is 37.6 Å². The molecule has 51 heavy (non-hydrogen) atoms. The number of unbranched alkanes of at least 4 members (excludes halogenated alkanes) is 21. The van der Waals surface area contributed by atoms with Gasteiger partial charge in [-0.1, -0.05) is 154 Å². The van der Waals surface area contributed by atoms with Crippen LogP contribution in [-0.4, -0.2) is 56.3 Å². The molecule has 0 aliphatic heterocycles. The minimum absolute atomic E-state index is 0.0165. The van der Waals surface area contributed by atoms with Gasteiger partial charge in [0.2, 0.25) is 0 Å². The Labute approximate surface area is 313 Å². The van der Waals surface area contributed by atoms with Crippen LogP contribution in [0.2, 0.25) is 0 Å². The summed E-state index contributed by atoms with van der Waals surface area (Å²) in [6.07, 6.45) is 37.8.